The van der Waals surface area contributed by atoms with Crippen molar-refractivity contribution >= 4 is 17.6 Å². The van der Waals surface area contributed by atoms with Crippen LogP contribution in [0.2, 0.25) is 0 Å². The van der Waals surface area contributed by atoms with Gasteiger partial charge in [-0.25, -0.2) is 0 Å². The zero-order valence-electron chi connectivity index (χ0n) is 13.7. The second kappa shape index (κ2) is 8.11. The Hall–Kier alpha value is -1.88. The summed E-state index contributed by atoms with van der Waals surface area (Å²) >= 11 is 0. The lowest BCUT2D eigenvalue weighted by Crippen LogP contribution is -2.29. The van der Waals surface area contributed by atoms with Gasteiger partial charge in [0, 0.05) is 11.6 Å². The predicted molar refractivity (Wildman–Crippen MR) is 88.1 cm³/mol. The van der Waals surface area contributed by atoms with Crippen LogP contribution in [0.25, 0.3) is 0 Å². The maximum Gasteiger partial charge on any atom is 0.306 e. The van der Waals surface area contributed by atoms with Crippen molar-refractivity contribution < 1.29 is 19.4 Å². The molecule has 0 aromatic heterocycles. The Labute approximate surface area is 137 Å². The monoisotopic (exact) mass is 319 g/mol. The molecule has 0 unspecified atom stereocenters. The average molecular weight is 319 g/mol. The lowest BCUT2D eigenvalue weighted by Gasteiger charge is -2.25. The molecule has 1 aromatic rings. The van der Waals surface area contributed by atoms with Gasteiger partial charge in [-0.3, -0.25) is 9.59 Å². The topological polar surface area (TPSA) is 75.6 Å². The molecule has 1 aliphatic rings. The standard InChI is InChI=1S/C18H25NO4/c1-12(2)23-11-13-4-3-5-16(10-13)19-17(20)14-6-8-15(9-7-14)18(21)22/h3-5,10,12,14-15H,6-9,11H2,1-2H3,(H,19,20)(H,21,22). The number of carboxylic acid groups (broad SMARTS) is 1. The summed E-state index contributed by atoms with van der Waals surface area (Å²) in [6, 6.07) is 7.65. The summed E-state index contributed by atoms with van der Waals surface area (Å²) in [5, 5.41) is 11.9. The fraction of sp³-hybridized carbons (Fsp3) is 0.556. The quantitative estimate of drug-likeness (QED) is 0.842. The zero-order valence-corrected chi connectivity index (χ0v) is 13.7. The van der Waals surface area contributed by atoms with Gasteiger partial charge in [0.25, 0.3) is 0 Å². The molecule has 2 rings (SSSR count). The highest BCUT2D eigenvalue weighted by molar-refractivity contribution is 5.92. The highest BCUT2D eigenvalue weighted by Crippen LogP contribution is 2.29. The first-order valence-corrected chi connectivity index (χ1v) is 8.20. The minimum atomic E-state index is -0.748. The van der Waals surface area contributed by atoms with E-state index in [1.807, 2.05) is 38.1 Å². The molecular weight excluding hydrogens is 294 g/mol. The van der Waals surface area contributed by atoms with Crippen LogP contribution in [0.3, 0.4) is 0 Å². The van der Waals surface area contributed by atoms with Crippen LogP contribution in [0.1, 0.15) is 45.1 Å². The first-order valence-electron chi connectivity index (χ1n) is 8.20. The minimum Gasteiger partial charge on any atom is -0.481 e. The van der Waals surface area contributed by atoms with Crippen molar-refractivity contribution in [3.05, 3.63) is 29.8 Å². The molecule has 23 heavy (non-hydrogen) atoms. The van der Waals surface area contributed by atoms with Gasteiger partial charge in [0.05, 0.1) is 18.6 Å². The zero-order chi connectivity index (χ0) is 16.8. The molecule has 1 saturated carbocycles. The molecule has 0 radical (unpaired) electrons. The van der Waals surface area contributed by atoms with E-state index in [2.05, 4.69) is 5.32 Å². The minimum absolute atomic E-state index is 0.0178. The van der Waals surface area contributed by atoms with Gasteiger partial charge in [-0.1, -0.05) is 12.1 Å². The van der Waals surface area contributed by atoms with Gasteiger partial charge in [-0.2, -0.15) is 0 Å². The van der Waals surface area contributed by atoms with Crippen LogP contribution >= 0.6 is 0 Å². The van der Waals surface area contributed by atoms with Gasteiger partial charge in [0.15, 0.2) is 0 Å². The number of carbonyl (C=O) groups is 2. The molecule has 0 bridgehead atoms. The van der Waals surface area contributed by atoms with Crippen LogP contribution < -0.4 is 5.32 Å². The lowest BCUT2D eigenvalue weighted by molar-refractivity contribution is -0.143. The van der Waals surface area contributed by atoms with Gasteiger partial charge in [-0.15, -0.1) is 0 Å². The summed E-state index contributed by atoms with van der Waals surface area (Å²) in [6.45, 7) is 4.49. The molecule has 1 aromatic carbocycles. The maximum absolute atomic E-state index is 12.3. The normalized spacial score (nSPS) is 21.2. The maximum atomic E-state index is 12.3. The van der Waals surface area contributed by atoms with Crippen molar-refractivity contribution in [1.29, 1.82) is 0 Å². The van der Waals surface area contributed by atoms with E-state index in [1.165, 1.54) is 0 Å². The molecule has 0 heterocycles. The van der Waals surface area contributed by atoms with Crippen molar-refractivity contribution in [3.8, 4) is 0 Å². The summed E-state index contributed by atoms with van der Waals surface area (Å²) in [7, 11) is 0. The number of aliphatic carboxylic acids is 1. The van der Waals surface area contributed by atoms with E-state index in [4.69, 9.17) is 9.84 Å². The number of carboxylic acids is 1. The summed E-state index contributed by atoms with van der Waals surface area (Å²) in [5.41, 5.74) is 1.78. The van der Waals surface area contributed by atoms with E-state index >= 15 is 0 Å². The summed E-state index contributed by atoms with van der Waals surface area (Å²) in [4.78, 5) is 23.3. The molecule has 5 heteroatoms. The van der Waals surface area contributed by atoms with Crippen molar-refractivity contribution in [1.82, 2.24) is 0 Å². The number of benzene rings is 1. The van der Waals surface area contributed by atoms with Gasteiger partial charge in [0.1, 0.15) is 0 Å². The predicted octanol–water partition coefficient (Wildman–Crippen LogP) is 3.44. The number of ether oxygens (including phenoxy) is 1. The Bertz CT molecular complexity index is 548. The Kier molecular flexibility index (Phi) is 6.16. The Balaban J connectivity index is 1.88. The number of carbonyl (C=O) groups excluding carboxylic acids is 1. The van der Waals surface area contributed by atoms with Crippen molar-refractivity contribution in [2.45, 2.75) is 52.2 Å². The summed E-state index contributed by atoms with van der Waals surface area (Å²) in [5.74, 6) is -1.16. The fourth-order valence-electron chi connectivity index (χ4n) is 2.85. The molecular formula is C18H25NO4. The molecule has 2 N–H and O–H groups in total. The largest absolute Gasteiger partial charge is 0.481 e. The van der Waals surface area contributed by atoms with E-state index in [9.17, 15) is 9.59 Å². The average Bonchev–Trinajstić information content (AvgIpc) is 2.53. The number of hydrogen-bond donors (Lipinski definition) is 2. The lowest BCUT2D eigenvalue weighted by atomic mass is 9.81. The van der Waals surface area contributed by atoms with Crippen LogP contribution in [-0.4, -0.2) is 23.1 Å². The van der Waals surface area contributed by atoms with Crippen molar-refractivity contribution in [3.63, 3.8) is 0 Å². The highest BCUT2D eigenvalue weighted by Gasteiger charge is 2.29. The van der Waals surface area contributed by atoms with Crippen LogP contribution in [0.5, 0.6) is 0 Å². The van der Waals surface area contributed by atoms with Gasteiger partial charge in [-0.05, 0) is 57.2 Å². The van der Waals surface area contributed by atoms with Gasteiger partial charge < -0.3 is 15.2 Å². The first-order chi connectivity index (χ1) is 11.0. The molecule has 126 valence electrons. The molecule has 1 fully saturated rings. The number of rotatable bonds is 6. The van der Waals surface area contributed by atoms with E-state index < -0.39 is 5.97 Å². The summed E-state index contributed by atoms with van der Waals surface area (Å²) in [6.07, 6.45) is 2.60. The molecule has 0 aliphatic heterocycles. The SMILES string of the molecule is CC(C)OCc1cccc(NC(=O)C2CCC(C(=O)O)CC2)c1. The Morgan fingerprint density at radius 1 is 1.22 bits per heavy atom. The van der Waals surface area contributed by atoms with Crippen LogP contribution in [-0.2, 0) is 20.9 Å². The number of anilines is 1. The number of amides is 1. The van der Waals surface area contributed by atoms with E-state index in [-0.39, 0.29) is 23.8 Å². The molecule has 1 aliphatic carbocycles. The molecule has 5 nitrogen and oxygen atoms in total. The number of hydrogen-bond acceptors (Lipinski definition) is 3. The van der Waals surface area contributed by atoms with Crippen molar-refractivity contribution in [2.75, 3.05) is 5.32 Å². The third kappa shape index (κ3) is 5.36. The van der Waals surface area contributed by atoms with E-state index in [0.29, 0.717) is 32.3 Å². The molecule has 0 atom stereocenters. The third-order valence-corrected chi connectivity index (χ3v) is 4.23. The van der Waals surface area contributed by atoms with Crippen molar-refractivity contribution in [2.24, 2.45) is 11.8 Å². The molecule has 0 spiro atoms. The van der Waals surface area contributed by atoms with E-state index in [0.717, 1.165) is 11.3 Å². The Morgan fingerprint density at radius 3 is 2.48 bits per heavy atom. The molecule has 0 saturated heterocycles. The van der Waals surface area contributed by atoms with Gasteiger partial charge in [0.2, 0.25) is 5.91 Å². The molecule has 1 amide bonds. The van der Waals surface area contributed by atoms with Crippen LogP contribution in [0.15, 0.2) is 24.3 Å². The van der Waals surface area contributed by atoms with E-state index in [1.54, 1.807) is 0 Å². The Morgan fingerprint density at radius 2 is 1.87 bits per heavy atom. The first kappa shape index (κ1) is 17.5. The van der Waals surface area contributed by atoms with Gasteiger partial charge >= 0.3 is 5.97 Å². The second-order valence-electron chi connectivity index (χ2n) is 6.44. The third-order valence-electron chi connectivity index (χ3n) is 4.23. The smallest absolute Gasteiger partial charge is 0.306 e. The highest BCUT2D eigenvalue weighted by atomic mass is 16.5. The van der Waals surface area contributed by atoms with Crippen LogP contribution in [0.4, 0.5) is 5.69 Å². The fourth-order valence-corrected chi connectivity index (χ4v) is 2.85. The second-order valence-corrected chi connectivity index (χ2v) is 6.44. The van der Waals surface area contributed by atoms with Crippen LogP contribution in [0, 0.1) is 11.8 Å². The number of nitrogens with one attached hydrogen (secondary N) is 1. The summed E-state index contributed by atoms with van der Waals surface area (Å²) < 4.78 is 5.57.